The van der Waals surface area contributed by atoms with Crippen molar-refractivity contribution in [3.8, 4) is 0 Å². The number of amides is 1. The molecule has 0 aromatic carbocycles. The van der Waals surface area contributed by atoms with Crippen molar-refractivity contribution in [2.45, 2.75) is 53.0 Å². The van der Waals surface area contributed by atoms with E-state index in [1.807, 2.05) is 6.92 Å². The normalized spacial score (nSPS) is 12.6. The number of carboxylic acid groups (broad SMARTS) is 1. The van der Waals surface area contributed by atoms with E-state index in [0.717, 1.165) is 6.42 Å². The molecule has 0 radical (unpaired) electrons. The molecule has 0 saturated heterocycles. The van der Waals surface area contributed by atoms with Crippen molar-refractivity contribution in [3.63, 3.8) is 0 Å². The number of ether oxygens (including phenoxy) is 1. The van der Waals surface area contributed by atoms with Crippen LogP contribution in [0.1, 0.15) is 47.0 Å². The van der Waals surface area contributed by atoms with Crippen molar-refractivity contribution in [2.24, 2.45) is 5.41 Å². The lowest BCUT2D eigenvalue weighted by Gasteiger charge is -2.20. The second-order valence-corrected chi connectivity index (χ2v) is 5.40. The predicted molar refractivity (Wildman–Crippen MR) is 69.9 cm³/mol. The zero-order valence-electron chi connectivity index (χ0n) is 12.0. The maximum absolute atomic E-state index is 11.8. The number of aliphatic carboxylic acids is 1. The Morgan fingerprint density at radius 1 is 1.26 bits per heavy atom. The van der Waals surface area contributed by atoms with Crippen LogP contribution >= 0.6 is 0 Å². The molecule has 0 spiro atoms. The molecule has 6 heteroatoms. The van der Waals surface area contributed by atoms with Crippen molar-refractivity contribution in [2.75, 3.05) is 6.61 Å². The number of carbonyl (C=O) groups is 3. The number of nitrogens with one attached hydrogen (secondary N) is 1. The van der Waals surface area contributed by atoms with Crippen LogP contribution in [0.15, 0.2) is 0 Å². The second-order valence-electron chi connectivity index (χ2n) is 5.40. The maximum Gasteiger partial charge on any atom is 0.407 e. The van der Waals surface area contributed by atoms with Gasteiger partial charge in [-0.1, -0.05) is 34.1 Å². The van der Waals surface area contributed by atoms with Crippen molar-refractivity contribution in [3.05, 3.63) is 0 Å². The summed E-state index contributed by atoms with van der Waals surface area (Å²) in [4.78, 5) is 34.1. The fraction of sp³-hybridized carbons (Fsp3) is 0.769. The van der Waals surface area contributed by atoms with Gasteiger partial charge in [0.1, 0.15) is 11.8 Å². The van der Waals surface area contributed by atoms with E-state index in [1.165, 1.54) is 0 Å². The molecule has 110 valence electrons. The third kappa shape index (κ3) is 7.43. The number of alkyl carbamates (subject to hydrolysis) is 1. The molecule has 0 aliphatic heterocycles. The zero-order chi connectivity index (χ0) is 15.1. The molecule has 0 heterocycles. The van der Waals surface area contributed by atoms with E-state index < -0.39 is 23.5 Å². The minimum Gasteiger partial charge on any atom is -0.480 e. The van der Waals surface area contributed by atoms with Gasteiger partial charge < -0.3 is 15.2 Å². The lowest BCUT2D eigenvalue weighted by molar-refractivity contribution is -0.142. The molecule has 0 aliphatic rings. The number of rotatable bonds is 7. The molecule has 2 N–H and O–H groups in total. The van der Waals surface area contributed by atoms with Gasteiger partial charge in [-0.25, -0.2) is 9.59 Å². The van der Waals surface area contributed by atoms with Gasteiger partial charge in [-0.2, -0.15) is 0 Å². The molecule has 1 unspecified atom stereocenters. The summed E-state index contributed by atoms with van der Waals surface area (Å²) in [6.45, 7) is 7.29. The molecular weight excluding hydrogens is 250 g/mol. The van der Waals surface area contributed by atoms with Crippen LogP contribution in [0.2, 0.25) is 0 Å². The first-order valence-electron chi connectivity index (χ1n) is 6.38. The quantitative estimate of drug-likeness (QED) is 0.692. The minimum absolute atomic E-state index is 0.228. The van der Waals surface area contributed by atoms with Crippen LogP contribution < -0.4 is 5.32 Å². The largest absolute Gasteiger partial charge is 0.480 e. The number of hydrogen-bond acceptors (Lipinski definition) is 4. The van der Waals surface area contributed by atoms with Crippen molar-refractivity contribution >= 4 is 17.8 Å². The van der Waals surface area contributed by atoms with Crippen LogP contribution in [-0.2, 0) is 14.3 Å². The molecule has 0 bridgehead atoms. The van der Waals surface area contributed by atoms with Crippen LogP contribution in [0, 0.1) is 5.41 Å². The Morgan fingerprint density at radius 2 is 1.84 bits per heavy atom. The fourth-order valence-electron chi connectivity index (χ4n) is 1.18. The summed E-state index contributed by atoms with van der Waals surface area (Å²) in [7, 11) is 0. The molecule has 1 atom stereocenters. The first-order chi connectivity index (χ1) is 8.68. The topological polar surface area (TPSA) is 92.7 Å². The first-order valence-corrected chi connectivity index (χ1v) is 6.38. The highest BCUT2D eigenvalue weighted by atomic mass is 16.5. The summed E-state index contributed by atoms with van der Waals surface area (Å²) in [6, 6.07) is -1.25. The lowest BCUT2D eigenvalue weighted by atomic mass is 9.87. The average Bonchev–Trinajstić information content (AvgIpc) is 2.26. The van der Waals surface area contributed by atoms with Crippen molar-refractivity contribution in [1.29, 1.82) is 0 Å². The van der Waals surface area contributed by atoms with Crippen LogP contribution in [0.25, 0.3) is 0 Å². The Bertz CT molecular complexity index is 332. The molecule has 0 rings (SSSR count). The highest BCUT2D eigenvalue weighted by Crippen LogP contribution is 2.17. The van der Waals surface area contributed by atoms with Crippen LogP contribution in [0.3, 0.4) is 0 Å². The number of carbonyl (C=O) groups excluding carboxylic acids is 2. The molecule has 0 aliphatic carbocycles. The number of carboxylic acids is 1. The van der Waals surface area contributed by atoms with Gasteiger partial charge >= 0.3 is 12.1 Å². The predicted octanol–water partition coefficient (Wildman–Crippen LogP) is 1.97. The Morgan fingerprint density at radius 3 is 2.26 bits per heavy atom. The minimum atomic E-state index is -1.25. The van der Waals surface area contributed by atoms with Gasteiger partial charge in [0.25, 0.3) is 0 Å². The van der Waals surface area contributed by atoms with E-state index in [2.05, 4.69) is 5.32 Å². The summed E-state index contributed by atoms with van der Waals surface area (Å²) in [5.74, 6) is -1.47. The molecule has 0 saturated carbocycles. The standard InChI is InChI=1S/C13H23NO5/c1-5-6-7-19-12(18)14-9(11(16)17)8-10(15)13(2,3)4/h9H,5-8H2,1-4H3,(H,14,18)(H,16,17). The summed E-state index contributed by atoms with van der Waals surface area (Å²) in [5, 5.41) is 11.2. The van der Waals surface area contributed by atoms with Gasteiger partial charge in [0.2, 0.25) is 0 Å². The summed E-state index contributed by atoms with van der Waals surface area (Å²) in [6.07, 6.45) is 0.536. The van der Waals surface area contributed by atoms with Crippen LogP contribution in [0.4, 0.5) is 4.79 Å². The molecule has 19 heavy (non-hydrogen) atoms. The second kappa shape index (κ2) is 7.76. The molecule has 6 nitrogen and oxygen atoms in total. The number of ketones is 1. The average molecular weight is 273 g/mol. The monoisotopic (exact) mass is 273 g/mol. The molecule has 1 amide bonds. The highest BCUT2D eigenvalue weighted by molar-refractivity contribution is 5.90. The SMILES string of the molecule is CCCCOC(=O)NC(CC(=O)C(C)(C)C)C(=O)O. The molecule has 0 aromatic rings. The van der Waals surface area contributed by atoms with E-state index >= 15 is 0 Å². The lowest BCUT2D eigenvalue weighted by Crippen LogP contribution is -2.44. The summed E-state index contributed by atoms with van der Waals surface area (Å²) in [5.41, 5.74) is -0.637. The maximum atomic E-state index is 11.8. The third-order valence-electron chi connectivity index (χ3n) is 2.55. The highest BCUT2D eigenvalue weighted by Gasteiger charge is 2.29. The Balaban J connectivity index is 4.39. The molecular formula is C13H23NO5. The van der Waals surface area contributed by atoms with Gasteiger partial charge in [0.05, 0.1) is 6.61 Å². The third-order valence-corrected chi connectivity index (χ3v) is 2.55. The van der Waals surface area contributed by atoms with Crippen molar-refractivity contribution in [1.82, 2.24) is 5.32 Å². The van der Waals surface area contributed by atoms with Gasteiger partial charge in [-0.15, -0.1) is 0 Å². The molecule has 0 aromatic heterocycles. The number of Topliss-reactive ketones (excluding diaryl/α,β-unsaturated/α-hetero) is 1. The summed E-state index contributed by atoms with van der Waals surface area (Å²) < 4.78 is 4.81. The van der Waals surface area contributed by atoms with E-state index in [-0.39, 0.29) is 18.8 Å². The fourth-order valence-corrected chi connectivity index (χ4v) is 1.18. The first kappa shape index (κ1) is 17.4. The Labute approximate surface area is 113 Å². The van der Waals surface area contributed by atoms with Gasteiger partial charge in [0, 0.05) is 11.8 Å². The van der Waals surface area contributed by atoms with Crippen LogP contribution in [0.5, 0.6) is 0 Å². The van der Waals surface area contributed by atoms with Gasteiger partial charge in [0.15, 0.2) is 0 Å². The Hall–Kier alpha value is -1.59. The number of unbranched alkanes of at least 4 members (excludes halogenated alkanes) is 1. The zero-order valence-corrected chi connectivity index (χ0v) is 12.0. The van der Waals surface area contributed by atoms with E-state index in [9.17, 15) is 14.4 Å². The van der Waals surface area contributed by atoms with Gasteiger partial charge in [-0.3, -0.25) is 4.79 Å². The van der Waals surface area contributed by atoms with E-state index in [1.54, 1.807) is 20.8 Å². The van der Waals surface area contributed by atoms with Crippen molar-refractivity contribution < 1.29 is 24.2 Å². The van der Waals surface area contributed by atoms with E-state index in [0.29, 0.717) is 6.42 Å². The van der Waals surface area contributed by atoms with Crippen LogP contribution in [-0.4, -0.2) is 35.6 Å². The van der Waals surface area contributed by atoms with Gasteiger partial charge in [-0.05, 0) is 6.42 Å². The smallest absolute Gasteiger partial charge is 0.407 e. The molecule has 0 fully saturated rings. The summed E-state index contributed by atoms with van der Waals surface area (Å²) >= 11 is 0. The number of hydrogen-bond donors (Lipinski definition) is 2. The Kier molecular flexibility index (Phi) is 7.11. The van der Waals surface area contributed by atoms with E-state index in [4.69, 9.17) is 9.84 Å².